The Kier molecular flexibility index (Phi) is 3.92. The number of Topliss-reactive ketones (excluding diaryl/α,β-unsaturated/α-hetero) is 1. The second-order valence-electron chi connectivity index (χ2n) is 4.74. The normalized spacial score (nSPS) is 10.3. The second-order valence-corrected chi connectivity index (χ2v) is 4.74. The van der Waals surface area contributed by atoms with E-state index < -0.39 is 5.97 Å². The van der Waals surface area contributed by atoms with Crippen LogP contribution in [0.2, 0.25) is 0 Å². The number of esters is 1. The number of carbonyl (C=O) groups excluding carboxylic acids is 2. The summed E-state index contributed by atoms with van der Waals surface area (Å²) in [6, 6.07) is 13.2. The maximum atomic E-state index is 12.4. The molecule has 0 radical (unpaired) electrons. The summed E-state index contributed by atoms with van der Waals surface area (Å²) in [7, 11) is 0. The fourth-order valence-electron chi connectivity index (χ4n) is 2.04. The summed E-state index contributed by atoms with van der Waals surface area (Å²) in [6.45, 7) is 1.48. The van der Waals surface area contributed by atoms with Crippen molar-refractivity contribution in [3.05, 3.63) is 66.0 Å². The van der Waals surface area contributed by atoms with E-state index in [9.17, 15) is 9.59 Å². The highest BCUT2D eigenvalue weighted by atomic mass is 16.5. The first-order valence-electron chi connectivity index (χ1n) is 6.81. The van der Waals surface area contributed by atoms with E-state index in [1.165, 1.54) is 17.9 Å². The van der Waals surface area contributed by atoms with Gasteiger partial charge in [0.05, 0.1) is 11.3 Å². The van der Waals surface area contributed by atoms with Gasteiger partial charge in [-0.2, -0.15) is 4.68 Å². The van der Waals surface area contributed by atoms with Gasteiger partial charge in [0.2, 0.25) is 0 Å². The van der Waals surface area contributed by atoms with E-state index in [0.29, 0.717) is 22.6 Å². The molecule has 0 amide bonds. The summed E-state index contributed by atoms with van der Waals surface area (Å²) in [4.78, 5) is 23.6. The van der Waals surface area contributed by atoms with Gasteiger partial charge >= 0.3 is 5.97 Å². The Labute approximate surface area is 131 Å². The Bertz CT molecular complexity index is 842. The van der Waals surface area contributed by atoms with Gasteiger partial charge in [0, 0.05) is 5.56 Å². The summed E-state index contributed by atoms with van der Waals surface area (Å²) in [5, 5.41) is 10.9. The minimum atomic E-state index is -0.535. The number of ether oxygens (including phenoxy) is 1. The highest BCUT2D eigenvalue weighted by Crippen LogP contribution is 2.18. The Balaban J connectivity index is 1.85. The van der Waals surface area contributed by atoms with Gasteiger partial charge < -0.3 is 4.74 Å². The van der Waals surface area contributed by atoms with Gasteiger partial charge in [-0.1, -0.05) is 12.1 Å². The van der Waals surface area contributed by atoms with Crippen molar-refractivity contribution in [3.63, 3.8) is 0 Å². The predicted octanol–water partition coefficient (Wildman–Crippen LogP) is 2.08. The van der Waals surface area contributed by atoms with Crippen LogP contribution in [0.15, 0.2) is 54.9 Å². The van der Waals surface area contributed by atoms with Crippen LogP contribution in [0.5, 0.6) is 5.75 Å². The van der Waals surface area contributed by atoms with Crippen LogP contribution in [0.4, 0.5) is 0 Å². The van der Waals surface area contributed by atoms with Crippen molar-refractivity contribution in [1.82, 2.24) is 20.2 Å². The molecule has 7 heteroatoms. The molecule has 23 heavy (non-hydrogen) atoms. The number of tetrazole rings is 1. The van der Waals surface area contributed by atoms with Crippen LogP contribution < -0.4 is 4.74 Å². The first-order chi connectivity index (χ1) is 11.1. The minimum Gasteiger partial charge on any atom is -0.423 e. The van der Waals surface area contributed by atoms with Crippen LogP contribution in [0.1, 0.15) is 27.6 Å². The average Bonchev–Trinajstić information content (AvgIpc) is 3.09. The van der Waals surface area contributed by atoms with Crippen molar-refractivity contribution >= 4 is 11.8 Å². The zero-order chi connectivity index (χ0) is 16.2. The van der Waals surface area contributed by atoms with Crippen LogP contribution >= 0.6 is 0 Å². The van der Waals surface area contributed by atoms with E-state index in [0.717, 1.165) is 0 Å². The van der Waals surface area contributed by atoms with Gasteiger partial charge in [0.25, 0.3) is 0 Å². The third kappa shape index (κ3) is 3.13. The number of nitrogens with zero attached hydrogens (tertiary/aromatic N) is 4. The van der Waals surface area contributed by atoms with E-state index >= 15 is 0 Å². The maximum Gasteiger partial charge on any atom is 0.345 e. The van der Waals surface area contributed by atoms with Crippen LogP contribution in [-0.2, 0) is 0 Å². The van der Waals surface area contributed by atoms with Gasteiger partial charge in [-0.05, 0) is 53.7 Å². The topological polar surface area (TPSA) is 87.0 Å². The monoisotopic (exact) mass is 308 g/mol. The van der Waals surface area contributed by atoms with Gasteiger partial charge in [-0.3, -0.25) is 4.79 Å². The summed E-state index contributed by atoms with van der Waals surface area (Å²) in [5.41, 5.74) is 1.40. The Hall–Kier alpha value is -3.35. The highest BCUT2D eigenvalue weighted by Gasteiger charge is 2.15. The molecule has 3 aromatic rings. The lowest BCUT2D eigenvalue weighted by molar-refractivity contribution is 0.0734. The van der Waals surface area contributed by atoms with E-state index in [1.54, 1.807) is 48.5 Å². The second kappa shape index (κ2) is 6.18. The Morgan fingerprint density at radius 2 is 1.78 bits per heavy atom. The van der Waals surface area contributed by atoms with Crippen molar-refractivity contribution in [3.8, 4) is 11.4 Å². The van der Waals surface area contributed by atoms with Gasteiger partial charge in [-0.25, -0.2) is 4.79 Å². The average molecular weight is 308 g/mol. The number of hydrogen-bond donors (Lipinski definition) is 0. The third-order valence-corrected chi connectivity index (χ3v) is 3.19. The van der Waals surface area contributed by atoms with Crippen molar-refractivity contribution in [1.29, 1.82) is 0 Å². The van der Waals surface area contributed by atoms with E-state index in [-0.39, 0.29) is 5.78 Å². The molecule has 1 aromatic heterocycles. The van der Waals surface area contributed by atoms with Crippen molar-refractivity contribution in [2.45, 2.75) is 6.92 Å². The molecule has 0 saturated heterocycles. The third-order valence-electron chi connectivity index (χ3n) is 3.19. The molecule has 0 aliphatic heterocycles. The summed E-state index contributed by atoms with van der Waals surface area (Å²) in [5.74, 6) is -0.231. The molecule has 3 rings (SSSR count). The van der Waals surface area contributed by atoms with Crippen molar-refractivity contribution in [2.75, 3.05) is 0 Å². The number of ketones is 1. The molecule has 0 spiro atoms. The van der Waals surface area contributed by atoms with Crippen molar-refractivity contribution < 1.29 is 14.3 Å². The lowest BCUT2D eigenvalue weighted by Crippen LogP contribution is -2.13. The Morgan fingerprint density at radius 3 is 2.43 bits per heavy atom. The smallest absolute Gasteiger partial charge is 0.345 e. The molecule has 0 bridgehead atoms. The number of benzene rings is 2. The van der Waals surface area contributed by atoms with E-state index in [4.69, 9.17) is 4.74 Å². The SMILES string of the molecule is CC(=O)c1ccc(OC(=O)c2ccccc2-n2cnnn2)cc1. The lowest BCUT2D eigenvalue weighted by Gasteiger charge is -2.08. The molecular weight excluding hydrogens is 296 g/mol. The van der Waals surface area contributed by atoms with Crippen LogP contribution in [0.3, 0.4) is 0 Å². The molecule has 0 fully saturated rings. The zero-order valence-electron chi connectivity index (χ0n) is 12.2. The zero-order valence-corrected chi connectivity index (χ0v) is 12.2. The molecule has 114 valence electrons. The minimum absolute atomic E-state index is 0.0492. The lowest BCUT2D eigenvalue weighted by atomic mass is 10.1. The van der Waals surface area contributed by atoms with E-state index in [2.05, 4.69) is 15.5 Å². The molecule has 0 atom stereocenters. The Morgan fingerprint density at radius 1 is 1.04 bits per heavy atom. The molecule has 0 unspecified atom stereocenters. The van der Waals surface area contributed by atoms with Crippen LogP contribution in [-0.4, -0.2) is 32.0 Å². The predicted molar refractivity (Wildman–Crippen MR) is 80.6 cm³/mol. The number of aromatic nitrogens is 4. The quantitative estimate of drug-likeness (QED) is 0.416. The van der Waals surface area contributed by atoms with Gasteiger partial charge in [0.1, 0.15) is 12.1 Å². The number of carbonyl (C=O) groups is 2. The fraction of sp³-hybridized carbons (Fsp3) is 0.0625. The number of hydrogen-bond acceptors (Lipinski definition) is 6. The molecule has 0 N–H and O–H groups in total. The fourth-order valence-corrected chi connectivity index (χ4v) is 2.04. The maximum absolute atomic E-state index is 12.4. The molecule has 0 aliphatic carbocycles. The standard InChI is InChI=1S/C16H12N4O3/c1-11(21)12-6-8-13(9-7-12)23-16(22)14-4-2-3-5-15(14)20-10-17-18-19-20/h2-10H,1H3. The highest BCUT2D eigenvalue weighted by molar-refractivity contribution is 5.96. The van der Waals surface area contributed by atoms with Crippen LogP contribution in [0, 0.1) is 0 Å². The molecule has 0 aliphatic rings. The molecule has 2 aromatic carbocycles. The summed E-state index contributed by atoms with van der Waals surface area (Å²) >= 11 is 0. The molecule has 7 nitrogen and oxygen atoms in total. The first-order valence-corrected chi connectivity index (χ1v) is 6.81. The number of rotatable bonds is 4. The summed E-state index contributed by atoms with van der Waals surface area (Å²) < 4.78 is 6.73. The molecule has 0 saturated carbocycles. The van der Waals surface area contributed by atoms with Crippen LogP contribution in [0.25, 0.3) is 5.69 Å². The van der Waals surface area contributed by atoms with Crippen molar-refractivity contribution in [2.24, 2.45) is 0 Å². The van der Waals surface area contributed by atoms with E-state index in [1.807, 2.05) is 0 Å². The molecule has 1 heterocycles. The van der Waals surface area contributed by atoms with Gasteiger partial charge in [0.15, 0.2) is 5.78 Å². The largest absolute Gasteiger partial charge is 0.423 e. The van der Waals surface area contributed by atoms with Gasteiger partial charge in [-0.15, -0.1) is 5.10 Å². The first kappa shape index (κ1) is 14.6. The summed E-state index contributed by atoms with van der Waals surface area (Å²) in [6.07, 6.45) is 1.40. The number of para-hydroxylation sites is 1. The molecular formula is C16H12N4O3.